The molecule has 0 saturated heterocycles. The highest BCUT2D eigenvalue weighted by Gasteiger charge is 2.17. The first-order valence-electron chi connectivity index (χ1n) is 9.87. The van der Waals surface area contributed by atoms with Crippen LogP contribution in [-0.4, -0.2) is 22.2 Å². The maximum Gasteiger partial charge on any atom is 0.407 e. The Morgan fingerprint density at radius 2 is 1.61 bits per heavy atom. The van der Waals surface area contributed by atoms with E-state index >= 15 is 0 Å². The van der Waals surface area contributed by atoms with Gasteiger partial charge in [0.25, 0.3) is 11.5 Å². The predicted octanol–water partition coefficient (Wildman–Crippen LogP) is 4.11. The molecule has 160 valence electrons. The number of nitrogens with zero attached hydrogens (tertiary/aromatic N) is 1. The second kappa shape index (κ2) is 9.30. The van der Waals surface area contributed by atoms with Gasteiger partial charge in [-0.1, -0.05) is 24.3 Å². The number of aromatic nitrogens is 1. The topological polar surface area (TPSA) is 89.4 Å². The number of benzene rings is 2. The lowest BCUT2D eigenvalue weighted by atomic mass is 10.1. The zero-order chi connectivity index (χ0) is 22.4. The Morgan fingerprint density at radius 1 is 0.935 bits per heavy atom. The second-order valence-electron chi connectivity index (χ2n) is 7.92. The highest BCUT2D eigenvalue weighted by atomic mass is 16.6. The highest BCUT2D eigenvalue weighted by Crippen LogP contribution is 2.16. The number of hydrogen-bond donors (Lipinski definition) is 2. The quantitative estimate of drug-likeness (QED) is 0.651. The standard InChI is InChI=1S/C24H25N3O4/c1-24(2,3)31-23(30)25-16-17-8-4-5-9-20(17)22(29)26-18-11-13-19(14-12-18)27-15-7-6-10-21(27)28/h4-15H,16H2,1-3H3,(H,25,30)(H,26,29). The van der Waals surface area contributed by atoms with E-state index in [1.54, 1.807) is 87.6 Å². The summed E-state index contributed by atoms with van der Waals surface area (Å²) in [5, 5.41) is 5.52. The van der Waals surface area contributed by atoms with Crippen LogP contribution in [-0.2, 0) is 11.3 Å². The van der Waals surface area contributed by atoms with Crippen molar-refractivity contribution in [3.63, 3.8) is 0 Å². The van der Waals surface area contributed by atoms with Crippen LogP contribution in [0.4, 0.5) is 10.5 Å². The van der Waals surface area contributed by atoms with Crippen molar-refractivity contribution in [2.45, 2.75) is 32.9 Å². The van der Waals surface area contributed by atoms with Crippen molar-refractivity contribution in [3.05, 3.63) is 94.4 Å². The molecule has 0 aliphatic heterocycles. The minimum absolute atomic E-state index is 0.134. The number of alkyl carbamates (subject to hydrolysis) is 1. The molecule has 7 nitrogen and oxygen atoms in total. The van der Waals surface area contributed by atoms with Crippen LogP contribution in [0.5, 0.6) is 0 Å². The molecular formula is C24H25N3O4. The third-order valence-corrected chi connectivity index (χ3v) is 4.31. The van der Waals surface area contributed by atoms with E-state index in [2.05, 4.69) is 10.6 Å². The fraction of sp³-hybridized carbons (Fsp3) is 0.208. The molecule has 0 radical (unpaired) electrons. The van der Waals surface area contributed by atoms with Crippen molar-refractivity contribution in [2.75, 3.05) is 5.32 Å². The lowest BCUT2D eigenvalue weighted by Crippen LogP contribution is -2.32. The molecule has 2 N–H and O–H groups in total. The summed E-state index contributed by atoms with van der Waals surface area (Å²) in [5.41, 5.74) is 1.67. The molecule has 7 heteroatoms. The molecule has 0 unspecified atom stereocenters. The van der Waals surface area contributed by atoms with Crippen LogP contribution >= 0.6 is 0 Å². The molecular weight excluding hydrogens is 394 g/mol. The number of rotatable bonds is 5. The zero-order valence-electron chi connectivity index (χ0n) is 17.7. The van der Waals surface area contributed by atoms with E-state index in [1.807, 2.05) is 0 Å². The van der Waals surface area contributed by atoms with Crippen LogP contribution in [0, 0.1) is 0 Å². The largest absolute Gasteiger partial charge is 0.444 e. The van der Waals surface area contributed by atoms with Crippen LogP contribution < -0.4 is 16.2 Å². The molecule has 3 aromatic rings. The summed E-state index contributed by atoms with van der Waals surface area (Å²) in [6, 6.07) is 18.9. The van der Waals surface area contributed by atoms with Crippen molar-refractivity contribution >= 4 is 17.7 Å². The van der Waals surface area contributed by atoms with E-state index < -0.39 is 11.7 Å². The van der Waals surface area contributed by atoms with Crippen molar-refractivity contribution in [1.29, 1.82) is 0 Å². The molecule has 1 heterocycles. The van der Waals surface area contributed by atoms with Crippen LogP contribution in [0.3, 0.4) is 0 Å². The summed E-state index contributed by atoms with van der Waals surface area (Å²) in [6.45, 7) is 5.52. The zero-order valence-corrected chi connectivity index (χ0v) is 17.7. The average Bonchev–Trinajstić information content (AvgIpc) is 2.72. The van der Waals surface area contributed by atoms with Gasteiger partial charge >= 0.3 is 6.09 Å². The molecule has 0 bridgehead atoms. The maximum atomic E-state index is 12.8. The Labute approximate surface area is 180 Å². The minimum Gasteiger partial charge on any atom is -0.444 e. The van der Waals surface area contributed by atoms with E-state index in [-0.39, 0.29) is 18.0 Å². The highest BCUT2D eigenvalue weighted by molar-refractivity contribution is 6.05. The first-order valence-corrected chi connectivity index (χ1v) is 9.87. The van der Waals surface area contributed by atoms with Gasteiger partial charge in [0.15, 0.2) is 0 Å². The van der Waals surface area contributed by atoms with Gasteiger partial charge in [-0.2, -0.15) is 0 Å². The summed E-state index contributed by atoms with van der Waals surface area (Å²) in [7, 11) is 0. The Balaban J connectivity index is 1.69. The molecule has 0 atom stereocenters. The van der Waals surface area contributed by atoms with Crippen LogP contribution in [0.25, 0.3) is 5.69 Å². The van der Waals surface area contributed by atoms with Gasteiger partial charge in [-0.05, 0) is 62.7 Å². The van der Waals surface area contributed by atoms with Crippen LogP contribution in [0.2, 0.25) is 0 Å². The predicted molar refractivity (Wildman–Crippen MR) is 120 cm³/mol. The summed E-state index contributed by atoms with van der Waals surface area (Å²) >= 11 is 0. The summed E-state index contributed by atoms with van der Waals surface area (Å²) in [4.78, 5) is 36.7. The Kier molecular flexibility index (Phi) is 6.55. The molecule has 31 heavy (non-hydrogen) atoms. The normalized spacial score (nSPS) is 10.9. The minimum atomic E-state index is -0.599. The van der Waals surface area contributed by atoms with Gasteiger partial charge in [0, 0.05) is 35.7 Å². The number of carbonyl (C=O) groups excluding carboxylic acids is 2. The number of carbonyl (C=O) groups is 2. The van der Waals surface area contributed by atoms with Crippen molar-refractivity contribution < 1.29 is 14.3 Å². The van der Waals surface area contributed by atoms with E-state index in [0.29, 0.717) is 22.5 Å². The van der Waals surface area contributed by atoms with Gasteiger partial charge in [-0.3, -0.25) is 14.2 Å². The van der Waals surface area contributed by atoms with E-state index in [1.165, 1.54) is 10.6 Å². The van der Waals surface area contributed by atoms with Gasteiger partial charge in [0.2, 0.25) is 0 Å². The number of ether oxygens (including phenoxy) is 1. The number of nitrogens with one attached hydrogen (secondary N) is 2. The van der Waals surface area contributed by atoms with E-state index in [9.17, 15) is 14.4 Å². The van der Waals surface area contributed by atoms with Crippen molar-refractivity contribution in [3.8, 4) is 5.69 Å². The van der Waals surface area contributed by atoms with E-state index in [4.69, 9.17) is 4.74 Å². The molecule has 2 amide bonds. The molecule has 0 aliphatic rings. The summed E-state index contributed by atoms with van der Waals surface area (Å²) in [5.74, 6) is -0.300. The summed E-state index contributed by atoms with van der Waals surface area (Å²) in [6.07, 6.45) is 1.14. The maximum absolute atomic E-state index is 12.8. The second-order valence-corrected chi connectivity index (χ2v) is 7.92. The van der Waals surface area contributed by atoms with Gasteiger partial charge in [0.1, 0.15) is 5.60 Å². The van der Waals surface area contributed by atoms with Gasteiger partial charge in [-0.15, -0.1) is 0 Å². The van der Waals surface area contributed by atoms with Crippen LogP contribution in [0.15, 0.2) is 77.7 Å². The first-order chi connectivity index (χ1) is 14.7. The van der Waals surface area contributed by atoms with Gasteiger partial charge in [-0.25, -0.2) is 4.79 Å². The monoisotopic (exact) mass is 419 g/mol. The first kappa shape index (κ1) is 21.8. The van der Waals surface area contributed by atoms with Gasteiger partial charge in [0.05, 0.1) is 0 Å². The van der Waals surface area contributed by atoms with Gasteiger partial charge < -0.3 is 15.4 Å². The van der Waals surface area contributed by atoms with Crippen molar-refractivity contribution in [1.82, 2.24) is 9.88 Å². The van der Waals surface area contributed by atoms with Crippen molar-refractivity contribution in [2.24, 2.45) is 0 Å². The Hall–Kier alpha value is -3.87. The number of anilines is 1. The molecule has 2 aromatic carbocycles. The lowest BCUT2D eigenvalue weighted by Gasteiger charge is -2.20. The molecule has 0 fully saturated rings. The Morgan fingerprint density at radius 3 is 2.29 bits per heavy atom. The number of amides is 2. The smallest absolute Gasteiger partial charge is 0.407 e. The third-order valence-electron chi connectivity index (χ3n) is 4.31. The third kappa shape index (κ3) is 6.05. The number of pyridine rings is 1. The fourth-order valence-corrected chi connectivity index (χ4v) is 2.92. The fourth-order valence-electron chi connectivity index (χ4n) is 2.92. The molecule has 1 aromatic heterocycles. The molecule has 0 spiro atoms. The average molecular weight is 419 g/mol. The molecule has 0 saturated carbocycles. The number of hydrogen-bond acceptors (Lipinski definition) is 4. The molecule has 0 aliphatic carbocycles. The lowest BCUT2D eigenvalue weighted by molar-refractivity contribution is 0.0523. The SMILES string of the molecule is CC(C)(C)OC(=O)NCc1ccccc1C(=O)Nc1ccc(-n2ccccc2=O)cc1. The summed E-state index contributed by atoms with van der Waals surface area (Å²) < 4.78 is 6.75. The Bertz CT molecular complexity index is 1130. The molecule has 3 rings (SSSR count). The van der Waals surface area contributed by atoms with Crippen LogP contribution in [0.1, 0.15) is 36.7 Å². The van der Waals surface area contributed by atoms with E-state index in [0.717, 1.165) is 0 Å².